The fourth-order valence-electron chi connectivity index (χ4n) is 4.82. The van der Waals surface area contributed by atoms with E-state index in [1.54, 1.807) is 9.80 Å². The number of hydrogen-bond acceptors (Lipinski definition) is 2. The van der Waals surface area contributed by atoms with Gasteiger partial charge in [-0.25, -0.2) is 0 Å². The van der Waals surface area contributed by atoms with Gasteiger partial charge < -0.3 is 19.3 Å². The largest absolute Gasteiger partial charge is 0.487 e. The van der Waals surface area contributed by atoms with Crippen molar-refractivity contribution in [1.82, 2.24) is 0 Å². The second-order valence-corrected chi connectivity index (χ2v) is 9.34. The van der Waals surface area contributed by atoms with Gasteiger partial charge in [0.1, 0.15) is 49.7 Å². The summed E-state index contributed by atoms with van der Waals surface area (Å²) < 4.78 is 13.0. The molecule has 3 aliphatic heterocycles. The van der Waals surface area contributed by atoms with Crippen LogP contribution < -0.4 is 14.5 Å². The van der Waals surface area contributed by atoms with Crippen LogP contribution in [0.2, 0.25) is 0 Å². The fraction of sp³-hybridized carbons (Fsp3) is 0.652. The van der Waals surface area contributed by atoms with Crippen LogP contribution in [0.5, 0.6) is 5.75 Å². The Hall–Kier alpha value is -1.54. The lowest BCUT2D eigenvalue weighted by molar-refractivity contribution is -1.000. The minimum Gasteiger partial charge on any atom is -0.487 e. The molecule has 0 unspecified atom stereocenters. The average molecular weight is 371 g/mol. The summed E-state index contributed by atoms with van der Waals surface area (Å²) in [7, 11) is 2.28. The molecular formula is C23H34N2O2+2. The highest BCUT2D eigenvalue weighted by molar-refractivity contribution is 5.39. The number of hydrogen-bond donors (Lipinski definition) is 2. The van der Waals surface area contributed by atoms with Gasteiger partial charge in [0, 0.05) is 11.5 Å². The molecule has 3 aliphatic rings. The minimum atomic E-state index is -0.362. The highest BCUT2D eigenvalue weighted by Gasteiger charge is 2.49. The normalized spacial score (nSPS) is 37.2. The van der Waals surface area contributed by atoms with E-state index in [0.29, 0.717) is 5.92 Å². The van der Waals surface area contributed by atoms with Gasteiger partial charge in [0.25, 0.3) is 0 Å². The van der Waals surface area contributed by atoms with E-state index in [9.17, 15) is 0 Å². The first-order valence-electron chi connectivity index (χ1n) is 10.5. The Morgan fingerprint density at radius 1 is 1.11 bits per heavy atom. The van der Waals surface area contributed by atoms with Gasteiger partial charge in [-0.15, -0.1) is 0 Å². The Balaban J connectivity index is 1.49. The lowest BCUT2D eigenvalue weighted by Crippen LogP contribution is -3.26. The Kier molecular flexibility index (Phi) is 4.96. The number of piperazine rings is 1. The number of quaternary nitrogens is 2. The van der Waals surface area contributed by atoms with Crippen LogP contribution in [-0.4, -0.2) is 51.0 Å². The van der Waals surface area contributed by atoms with Crippen molar-refractivity contribution in [2.75, 3.05) is 39.8 Å². The van der Waals surface area contributed by atoms with Crippen LogP contribution >= 0.6 is 0 Å². The zero-order valence-electron chi connectivity index (χ0n) is 17.2. The second kappa shape index (κ2) is 7.13. The maximum atomic E-state index is 6.68. The Morgan fingerprint density at radius 2 is 1.85 bits per heavy atom. The zero-order valence-corrected chi connectivity index (χ0v) is 17.2. The van der Waals surface area contributed by atoms with E-state index in [-0.39, 0.29) is 17.3 Å². The standard InChI is InChI=1S/C23H32N2O2/c1-22(2)19-10-12-23(3,11-7-13-25-16-14-24(4)15-17-25)27-21(19)18-8-5-6-9-20(18)26-22/h5-6,8-9,19,21H,10,12-17H2,1-4H3/p+2/t19-,21-,23+/m1/s1. The first-order valence-corrected chi connectivity index (χ1v) is 10.5. The Labute approximate surface area is 163 Å². The lowest BCUT2D eigenvalue weighted by atomic mass is 9.73. The molecule has 4 heteroatoms. The number of fused-ring (bicyclic) bond motifs is 3. The Bertz CT molecular complexity index is 742. The first-order chi connectivity index (χ1) is 12.9. The van der Waals surface area contributed by atoms with Crippen LogP contribution in [0.1, 0.15) is 45.3 Å². The van der Waals surface area contributed by atoms with E-state index in [2.05, 4.69) is 57.9 Å². The van der Waals surface area contributed by atoms with Gasteiger partial charge in [-0.05, 0) is 45.6 Å². The predicted molar refractivity (Wildman–Crippen MR) is 106 cm³/mol. The molecule has 0 radical (unpaired) electrons. The summed E-state index contributed by atoms with van der Waals surface area (Å²) in [5.41, 5.74) is 0.612. The molecule has 146 valence electrons. The molecule has 0 aromatic heterocycles. The number of likely N-dealkylation sites (N-methyl/N-ethyl adjacent to an activating group) is 1. The van der Waals surface area contributed by atoms with Gasteiger partial charge in [0.15, 0.2) is 0 Å². The molecule has 0 saturated carbocycles. The molecule has 4 nitrogen and oxygen atoms in total. The molecule has 0 spiro atoms. The summed E-state index contributed by atoms with van der Waals surface area (Å²) in [6.07, 6.45) is 2.12. The summed E-state index contributed by atoms with van der Waals surface area (Å²) in [5, 5.41) is 0. The third-order valence-electron chi connectivity index (χ3n) is 6.68. The van der Waals surface area contributed by atoms with Gasteiger partial charge in [-0.1, -0.05) is 24.1 Å². The van der Waals surface area contributed by atoms with E-state index in [1.165, 1.54) is 31.7 Å². The van der Waals surface area contributed by atoms with Crippen LogP contribution in [0, 0.1) is 17.8 Å². The van der Waals surface area contributed by atoms with E-state index in [0.717, 1.165) is 25.1 Å². The fourth-order valence-corrected chi connectivity index (χ4v) is 4.82. The summed E-state index contributed by atoms with van der Waals surface area (Å²) in [5.74, 6) is 8.31. The molecule has 27 heavy (non-hydrogen) atoms. The minimum absolute atomic E-state index is 0.0672. The van der Waals surface area contributed by atoms with Crippen molar-refractivity contribution in [2.24, 2.45) is 5.92 Å². The monoisotopic (exact) mass is 370 g/mol. The van der Waals surface area contributed by atoms with Crippen molar-refractivity contribution in [3.63, 3.8) is 0 Å². The van der Waals surface area contributed by atoms with Crippen molar-refractivity contribution >= 4 is 0 Å². The van der Waals surface area contributed by atoms with Crippen molar-refractivity contribution < 1.29 is 19.3 Å². The topological polar surface area (TPSA) is 27.3 Å². The van der Waals surface area contributed by atoms with Gasteiger partial charge in [-0.3, -0.25) is 0 Å². The summed E-state index contributed by atoms with van der Waals surface area (Å²) in [4.78, 5) is 3.25. The maximum absolute atomic E-state index is 6.68. The van der Waals surface area contributed by atoms with Gasteiger partial charge >= 0.3 is 0 Å². The van der Waals surface area contributed by atoms with E-state index >= 15 is 0 Å². The predicted octanol–water partition coefficient (Wildman–Crippen LogP) is 0.501. The number of nitrogens with one attached hydrogen (secondary N) is 2. The summed E-state index contributed by atoms with van der Waals surface area (Å²) >= 11 is 0. The molecule has 3 atom stereocenters. The smallest absolute Gasteiger partial charge is 0.139 e. The number of ether oxygens (including phenoxy) is 2. The van der Waals surface area contributed by atoms with E-state index < -0.39 is 0 Å². The van der Waals surface area contributed by atoms with Gasteiger partial charge in [0.05, 0.1) is 13.2 Å². The van der Waals surface area contributed by atoms with Gasteiger partial charge in [0.2, 0.25) is 0 Å². The van der Waals surface area contributed by atoms with Crippen LogP contribution in [0.25, 0.3) is 0 Å². The molecule has 2 N–H and O–H groups in total. The molecule has 3 heterocycles. The lowest BCUT2D eigenvalue weighted by Gasteiger charge is -2.50. The quantitative estimate of drug-likeness (QED) is 0.705. The molecule has 2 fully saturated rings. The van der Waals surface area contributed by atoms with Crippen LogP contribution in [0.4, 0.5) is 0 Å². The maximum Gasteiger partial charge on any atom is 0.139 e. The third-order valence-corrected chi connectivity index (χ3v) is 6.68. The molecule has 2 saturated heterocycles. The van der Waals surface area contributed by atoms with Crippen molar-refractivity contribution in [2.45, 2.75) is 50.9 Å². The molecule has 0 bridgehead atoms. The molecular weight excluding hydrogens is 336 g/mol. The van der Waals surface area contributed by atoms with Crippen LogP contribution in [0.3, 0.4) is 0 Å². The summed E-state index contributed by atoms with van der Waals surface area (Å²) in [6, 6.07) is 8.33. The molecule has 1 aromatic carbocycles. The van der Waals surface area contributed by atoms with Crippen LogP contribution in [0.15, 0.2) is 24.3 Å². The Morgan fingerprint density at radius 3 is 2.63 bits per heavy atom. The molecule has 4 rings (SSSR count). The van der Waals surface area contributed by atoms with Crippen LogP contribution in [-0.2, 0) is 4.74 Å². The summed E-state index contributed by atoms with van der Waals surface area (Å²) in [6.45, 7) is 12.4. The first kappa shape index (κ1) is 18.8. The SMILES string of the molecule is C[NH+]1CC[NH+](CC#C[C@@]2(C)CC[C@@H]3[C@H](O2)c2ccccc2OC3(C)C)CC1. The highest BCUT2D eigenvalue weighted by atomic mass is 16.5. The van der Waals surface area contributed by atoms with Gasteiger partial charge in [-0.2, -0.15) is 0 Å². The number of para-hydroxylation sites is 1. The molecule has 1 aromatic rings. The van der Waals surface area contributed by atoms with E-state index in [1.807, 2.05) is 6.07 Å². The molecule has 0 aliphatic carbocycles. The number of benzene rings is 1. The average Bonchev–Trinajstić information content (AvgIpc) is 2.63. The third kappa shape index (κ3) is 3.87. The zero-order chi connectivity index (χ0) is 19.1. The van der Waals surface area contributed by atoms with Crippen molar-refractivity contribution in [3.8, 4) is 17.6 Å². The highest BCUT2D eigenvalue weighted by Crippen LogP contribution is 2.52. The molecule has 0 amide bonds. The number of rotatable bonds is 1. The van der Waals surface area contributed by atoms with Crippen molar-refractivity contribution in [3.05, 3.63) is 29.8 Å². The second-order valence-electron chi connectivity index (χ2n) is 9.34. The van der Waals surface area contributed by atoms with E-state index in [4.69, 9.17) is 9.47 Å². The van der Waals surface area contributed by atoms with Crippen molar-refractivity contribution in [1.29, 1.82) is 0 Å².